The van der Waals surface area contributed by atoms with Crippen LogP contribution in [0.4, 0.5) is 0 Å². The second-order valence-electron chi connectivity index (χ2n) is 7.44. The molecule has 4 heteroatoms. The van der Waals surface area contributed by atoms with Crippen molar-refractivity contribution in [2.45, 2.75) is 26.8 Å². The Balaban J connectivity index is 1.59. The first-order valence-electron chi connectivity index (χ1n) is 8.95. The molecule has 0 saturated carbocycles. The zero-order valence-electron chi connectivity index (χ0n) is 14.7. The van der Waals surface area contributed by atoms with Gasteiger partial charge in [-0.25, -0.2) is 4.98 Å². The van der Waals surface area contributed by atoms with Crippen LogP contribution in [0.3, 0.4) is 0 Å². The lowest BCUT2D eigenvalue weighted by atomic mass is 9.91. The lowest BCUT2D eigenvalue weighted by molar-refractivity contribution is 0.134. The standard InChI is InChI=1S/C21H23ClN2O/c1-14-9-15(2)12-24(11-14)13-16-7-8-20-19(10-16)23-21(25-20)17-5-3-4-6-18(17)22/h3-8,10,14-15H,9,11-13H2,1-2H3/t14-,15-/m0/s1. The van der Waals surface area contributed by atoms with Crippen molar-refractivity contribution in [1.82, 2.24) is 9.88 Å². The second-order valence-corrected chi connectivity index (χ2v) is 7.85. The Labute approximate surface area is 153 Å². The summed E-state index contributed by atoms with van der Waals surface area (Å²) >= 11 is 6.27. The predicted octanol–water partition coefficient (Wildman–Crippen LogP) is 5.63. The number of hydrogen-bond acceptors (Lipinski definition) is 3. The normalized spacial score (nSPS) is 21.7. The fourth-order valence-corrected chi connectivity index (χ4v) is 4.22. The molecule has 130 valence electrons. The van der Waals surface area contributed by atoms with E-state index in [4.69, 9.17) is 16.0 Å². The Morgan fingerprint density at radius 3 is 2.64 bits per heavy atom. The molecule has 2 atom stereocenters. The smallest absolute Gasteiger partial charge is 0.228 e. The lowest BCUT2D eigenvalue weighted by Gasteiger charge is -2.34. The van der Waals surface area contributed by atoms with Crippen LogP contribution in [0.15, 0.2) is 46.9 Å². The molecule has 4 rings (SSSR count). The zero-order valence-corrected chi connectivity index (χ0v) is 15.5. The predicted molar refractivity (Wildman–Crippen MR) is 103 cm³/mol. The van der Waals surface area contributed by atoms with Crippen molar-refractivity contribution in [3.8, 4) is 11.5 Å². The van der Waals surface area contributed by atoms with Crippen LogP contribution in [-0.4, -0.2) is 23.0 Å². The number of halogens is 1. The molecular weight excluding hydrogens is 332 g/mol. The molecule has 2 heterocycles. The van der Waals surface area contributed by atoms with Crippen LogP contribution in [0.5, 0.6) is 0 Å². The summed E-state index contributed by atoms with van der Waals surface area (Å²) in [7, 11) is 0. The summed E-state index contributed by atoms with van der Waals surface area (Å²) in [6.45, 7) is 8.01. The van der Waals surface area contributed by atoms with E-state index in [1.165, 1.54) is 25.1 Å². The third-order valence-corrected chi connectivity index (χ3v) is 5.24. The van der Waals surface area contributed by atoms with Gasteiger partial charge in [0.1, 0.15) is 5.52 Å². The average Bonchev–Trinajstić information content (AvgIpc) is 2.97. The maximum Gasteiger partial charge on any atom is 0.228 e. The number of piperidine rings is 1. The van der Waals surface area contributed by atoms with Crippen LogP contribution in [0.2, 0.25) is 5.02 Å². The van der Waals surface area contributed by atoms with Gasteiger partial charge in [-0.3, -0.25) is 4.90 Å². The van der Waals surface area contributed by atoms with E-state index >= 15 is 0 Å². The Morgan fingerprint density at radius 1 is 1.12 bits per heavy atom. The van der Waals surface area contributed by atoms with E-state index in [1.807, 2.05) is 30.3 Å². The molecule has 0 aliphatic carbocycles. The van der Waals surface area contributed by atoms with Gasteiger partial charge in [-0.15, -0.1) is 0 Å². The van der Waals surface area contributed by atoms with Gasteiger partial charge in [0.2, 0.25) is 5.89 Å². The molecule has 3 aromatic rings. The van der Waals surface area contributed by atoms with E-state index in [9.17, 15) is 0 Å². The average molecular weight is 355 g/mol. The van der Waals surface area contributed by atoms with Gasteiger partial charge >= 0.3 is 0 Å². The Kier molecular flexibility index (Phi) is 4.53. The number of nitrogens with zero attached hydrogens (tertiary/aromatic N) is 2. The van der Waals surface area contributed by atoms with Crippen molar-refractivity contribution in [3.63, 3.8) is 0 Å². The number of aromatic nitrogens is 1. The van der Waals surface area contributed by atoms with Crippen LogP contribution in [0, 0.1) is 11.8 Å². The molecule has 1 aliphatic heterocycles. The summed E-state index contributed by atoms with van der Waals surface area (Å²) in [5.74, 6) is 2.12. The van der Waals surface area contributed by atoms with E-state index in [-0.39, 0.29) is 0 Å². The summed E-state index contributed by atoms with van der Waals surface area (Å²) in [6, 6.07) is 14.0. The number of fused-ring (bicyclic) bond motifs is 1. The van der Waals surface area contributed by atoms with Gasteiger partial charge in [0.15, 0.2) is 5.58 Å². The molecule has 0 radical (unpaired) electrons. The second kappa shape index (κ2) is 6.81. The minimum Gasteiger partial charge on any atom is -0.436 e. The molecule has 0 unspecified atom stereocenters. The first kappa shape index (κ1) is 16.6. The van der Waals surface area contributed by atoms with Gasteiger partial charge in [-0.05, 0) is 48.1 Å². The van der Waals surface area contributed by atoms with Crippen LogP contribution < -0.4 is 0 Å². The van der Waals surface area contributed by atoms with Crippen molar-refractivity contribution >= 4 is 22.7 Å². The molecule has 1 aromatic heterocycles. The largest absolute Gasteiger partial charge is 0.436 e. The van der Waals surface area contributed by atoms with Gasteiger partial charge in [0.05, 0.1) is 10.6 Å². The highest BCUT2D eigenvalue weighted by Gasteiger charge is 2.22. The number of hydrogen-bond donors (Lipinski definition) is 0. The monoisotopic (exact) mass is 354 g/mol. The lowest BCUT2D eigenvalue weighted by Crippen LogP contribution is -2.38. The molecule has 2 aromatic carbocycles. The Bertz CT molecular complexity index is 878. The summed E-state index contributed by atoms with van der Waals surface area (Å²) in [5, 5.41) is 0.658. The summed E-state index contributed by atoms with van der Waals surface area (Å²) in [5.41, 5.74) is 3.82. The Morgan fingerprint density at radius 2 is 1.88 bits per heavy atom. The van der Waals surface area contributed by atoms with Gasteiger partial charge in [-0.1, -0.05) is 43.6 Å². The van der Waals surface area contributed by atoms with Crippen molar-refractivity contribution in [2.75, 3.05) is 13.1 Å². The first-order chi connectivity index (χ1) is 12.1. The van der Waals surface area contributed by atoms with Crippen molar-refractivity contribution in [1.29, 1.82) is 0 Å². The fraction of sp³-hybridized carbons (Fsp3) is 0.381. The van der Waals surface area contributed by atoms with Crippen LogP contribution in [0.25, 0.3) is 22.6 Å². The van der Waals surface area contributed by atoms with E-state index in [0.29, 0.717) is 10.9 Å². The molecule has 0 bridgehead atoms. The summed E-state index contributed by atoms with van der Waals surface area (Å²) < 4.78 is 5.90. The van der Waals surface area contributed by atoms with Crippen molar-refractivity contribution in [3.05, 3.63) is 53.1 Å². The highest BCUT2D eigenvalue weighted by molar-refractivity contribution is 6.33. The third kappa shape index (κ3) is 3.58. The van der Waals surface area contributed by atoms with Gasteiger partial charge in [-0.2, -0.15) is 0 Å². The molecule has 1 saturated heterocycles. The molecule has 25 heavy (non-hydrogen) atoms. The number of benzene rings is 2. The minimum atomic E-state index is 0.581. The topological polar surface area (TPSA) is 29.3 Å². The maximum atomic E-state index is 6.27. The molecule has 0 amide bonds. The highest BCUT2D eigenvalue weighted by Crippen LogP contribution is 2.30. The molecule has 0 spiro atoms. The van der Waals surface area contributed by atoms with Crippen LogP contribution >= 0.6 is 11.6 Å². The fourth-order valence-electron chi connectivity index (χ4n) is 4.00. The highest BCUT2D eigenvalue weighted by atomic mass is 35.5. The van der Waals surface area contributed by atoms with Crippen LogP contribution in [-0.2, 0) is 6.54 Å². The quantitative estimate of drug-likeness (QED) is 0.610. The van der Waals surface area contributed by atoms with E-state index in [0.717, 1.165) is 35.0 Å². The van der Waals surface area contributed by atoms with Crippen molar-refractivity contribution in [2.24, 2.45) is 11.8 Å². The molecule has 1 fully saturated rings. The molecule has 0 N–H and O–H groups in total. The Hall–Kier alpha value is -1.84. The summed E-state index contributed by atoms with van der Waals surface area (Å²) in [6.07, 6.45) is 1.33. The molecule has 3 nitrogen and oxygen atoms in total. The van der Waals surface area contributed by atoms with Gasteiger partial charge in [0.25, 0.3) is 0 Å². The van der Waals surface area contributed by atoms with E-state index in [2.05, 4.69) is 35.9 Å². The summed E-state index contributed by atoms with van der Waals surface area (Å²) in [4.78, 5) is 7.21. The van der Waals surface area contributed by atoms with E-state index in [1.54, 1.807) is 0 Å². The molecule has 1 aliphatic rings. The first-order valence-corrected chi connectivity index (χ1v) is 9.33. The minimum absolute atomic E-state index is 0.581. The zero-order chi connectivity index (χ0) is 17.4. The van der Waals surface area contributed by atoms with Gasteiger partial charge < -0.3 is 4.42 Å². The van der Waals surface area contributed by atoms with Crippen LogP contribution in [0.1, 0.15) is 25.8 Å². The maximum absolute atomic E-state index is 6.27. The molecular formula is C21H23ClN2O. The number of rotatable bonds is 3. The third-order valence-electron chi connectivity index (χ3n) is 4.91. The van der Waals surface area contributed by atoms with E-state index < -0.39 is 0 Å². The van der Waals surface area contributed by atoms with Crippen molar-refractivity contribution < 1.29 is 4.42 Å². The number of oxazole rings is 1. The number of likely N-dealkylation sites (tertiary alicyclic amines) is 1. The van der Waals surface area contributed by atoms with Gasteiger partial charge in [0, 0.05) is 19.6 Å². The SMILES string of the molecule is C[C@H]1C[C@H](C)CN(Cc2ccc3oc(-c4ccccc4Cl)nc3c2)C1.